The van der Waals surface area contributed by atoms with Crippen molar-refractivity contribution in [2.75, 3.05) is 37.1 Å². The molecule has 0 atom stereocenters. The number of hydrogen-bond acceptors (Lipinski definition) is 5. The summed E-state index contributed by atoms with van der Waals surface area (Å²) < 4.78 is 10.3. The number of benzene rings is 2. The van der Waals surface area contributed by atoms with Crippen molar-refractivity contribution in [3.63, 3.8) is 0 Å². The highest BCUT2D eigenvalue weighted by atomic mass is 16.5. The summed E-state index contributed by atoms with van der Waals surface area (Å²) in [6, 6.07) is 18.0. The summed E-state index contributed by atoms with van der Waals surface area (Å²) in [5, 5.41) is 15.1. The molecule has 0 aliphatic rings. The van der Waals surface area contributed by atoms with Gasteiger partial charge in [-0.3, -0.25) is 9.59 Å². The Hall–Kier alpha value is -2.74. The molecule has 0 aliphatic heterocycles. The average molecular weight is 358 g/mol. The summed E-state index contributed by atoms with van der Waals surface area (Å²) in [5.74, 6) is -0.627. The Kier molecular flexibility index (Phi) is 8.28. The second-order valence-electron chi connectivity index (χ2n) is 5.51. The molecule has 0 spiro atoms. The third-order valence-corrected chi connectivity index (χ3v) is 3.20. The fourth-order valence-corrected chi connectivity index (χ4v) is 2.06. The van der Waals surface area contributed by atoms with E-state index in [1.165, 1.54) is 0 Å². The van der Waals surface area contributed by atoms with Crippen LogP contribution in [0.1, 0.15) is 0 Å². The van der Waals surface area contributed by atoms with Gasteiger partial charge in [0.25, 0.3) is 0 Å². The SMILES string of the molecule is O=C(COCC(O)COCC(=O)Nc1ccccc1)Nc1ccccc1. The quantitative estimate of drug-likeness (QED) is 0.600. The monoisotopic (exact) mass is 358 g/mol. The van der Waals surface area contributed by atoms with Crippen molar-refractivity contribution in [1.82, 2.24) is 0 Å². The number of hydrogen-bond donors (Lipinski definition) is 3. The van der Waals surface area contributed by atoms with E-state index in [0.717, 1.165) is 0 Å². The topological polar surface area (TPSA) is 96.9 Å². The maximum Gasteiger partial charge on any atom is 0.250 e. The van der Waals surface area contributed by atoms with E-state index in [-0.39, 0.29) is 38.2 Å². The lowest BCUT2D eigenvalue weighted by Gasteiger charge is -2.12. The van der Waals surface area contributed by atoms with E-state index in [1.54, 1.807) is 24.3 Å². The van der Waals surface area contributed by atoms with Gasteiger partial charge in [0.05, 0.1) is 13.2 Å². The van der Waals surface area contributed by atoms with E-state index >= 15 is 0 Å². The maximum atomic E-state index is 11.7. The molecule has 7 heteroatoms. The van der Waals surface area contributed by atoms with Crippen molar-refractivity contribution < 1.29 is 24.2 Å². The first kappa shape index (κ1) is 19.6. The molecule has 7 nitrogen and oxygen atoms in total. The standard InChI is InChI=1S/C19H22N2O5/c22-17(11-25-13-18(23)20-15-7-3-1-4-8-15)12-26-14-19(24)21-16-9-5-2-6-10-16/h1-10,17,22H,11-14H2,(H,20,23)(H,21,24). The lowest BCUT2D eigenvalue weighted by atomic mass is 10.3. The van der Waals surface area contributed by atoms with Crippen molar-refractivity contribution >= 4 is 23.2 Å². The van der Waals surface area contributed by atoms with Gasteiger partial charge in [0.1, 0.15) is 19.3 Å². The fourth-order valence-electron chi connectivity index (χ4n) is 2.06. The Morgan fingerprint density at radius 2 is 1.15 bits per heavy atom. The molecule has 2 amide bonds. The van der Waals surface area contributed by atoms with E-state index in [1.807, 2.05) is 36.4 Å². The molecule has 0 saturated heterocycles. The number of rotatable bonds is 10. The molecule has 0 radical (unpaired) electrons. The van der Waals surface area contributed by atoms with Crippen LogP contribution in [-0.2, 0) is 19.1 Å². The van der Waals surface area contributed by atoms with Crippen LogP contribution in [0, 0.1) is 0 Å². The Morgan fingerprint density at radius 1 is 0.769 bits per heavy atom. The van der Waals surface area contributed by atoms with Crippen molar-refractivity contribution in [2.45, 2.75) is 6.10 Å². The van der Waals surface area contributed by atoms with Crippen LogP contribution in [0.15, 0.2) is 60.7 Å². The number of amides is 2. The van der Waals surface area contributed by atoms with Crippen molar-refractivity contribution in [2.24, 2.45) is 0 Å². The Morgan fingerprint density at radius 3 is 1.54 bits per heavy atom. The minimum absolute atomic E-state index is 0.0670. The third-order valence-electron chi connectivity index (χ3n) is 3.20. The molecule has 0 unspecified atom stereocenters. The number of ether oxygens (including phenoxy) is 2. The maximum absolute atomic E-state index is 11.7. The van der Waals surface area contributed by atoms with Crippen LogP contribution in [0.2, 0.25) is 0 Å². The molecule has 0 saturated carbocycles. The van der Waals surface area contributed by atoms with Crippen LogP contribution in [0.4, 0.5) is 11.4 Å². The minimum Gasteiger partial charge on any atom is -0.388 e. The van der Waals surface area contributed by atoms with Crippen molar-refractivity contribution in [3.05, 3.63) is 60.7 Å². The molecule has 0 heterocycles. The number of carbonyl (C=O) groups excluding carboxylic acids is 2. The van der Waals surface area contributed by atoms with Gasteiger partial charge >= 0.3 is 0 Å². The predicted octanol–water partition coefficient (Wildman–Crippen LogP) is 1.66. The number of para-hydroxylation sites is 2. The van der Waals surface area contributed by atoms with Gasteiger partial charge in [0.15, 0.2) is 0 Å². The van der Waals surface area contributed by atoms with Crippen molar-refractivity contribution in [3.8, 4) is 0 Å². The molecule has 2 rings (SSSR count). The molecular formula is C19H22N2O5. The van der Waals surface area contributed by atoms with Gasteiger partial charge < -0.3 is 25.2 Å². The molecule has 26 heavy (non-hydrogen) atoms. The predicted molar refractivity (Wildman–Crippen MR) is 97.8 cm³/mol. The first-order valence-electron chi connectivity index (χ1n) is 8.17. The zero-order valence-electron chi connectivity index (χ0n) is 14.3. The van der Waals surface area contributed by atoms with Gasteiger partial charge in [-0.1, -0.05) is 36.4 Å². The Bertz CT molecular complexity index is 619. The van der Waals surface area contributed by atoms with Crippen LogP contribution >= 0.6 is 0 Å². The molecule has 0 aliphatic carbocycles. The molecular weight excluding hydrogens is 336 g/mol. The molecule has 3 N–H and O–H groups in total. The number of anilines is 2. The summed E-state index contributed by atoms with van der Waals surface area (Å²) in [6.45, 7) is -0.494. The normalized spacial score (nSPS) is 10.5. The van der Waals surface area contributed by atoms with Gasteiger partial charge in [0, 0.05) is 11.4 Å². The third kappa shape index (κ3) is 7.89. The van der Waals surface area contributed by atoms with Gasteiger partial charge in [-0.15, -0.1) is 0 Å². The second kappa shape index (κ2) is 11.0. The van der Waals surface area contributed by atoms with E-state index in [9.17, 15) is 14.7 Å². The summed E-state index contributed by atoms with van der Waals surface area (Å²) in [5.41, 5.74) is 1.35. The van der Waals surface area contributed by atoms with Gasteiger partial charge in [-0.2, -0.15) is 0 Å². The molecule has 0 aromatic heterocycles. The highest BCUT2D eigenvalue weighted by Crippen LogP contribution is 2.05. The van der Waals surface area contributed by atoms with Crippen LogP contribution < -0.4 is 10.6 Å². The highest BCUT2D eigenvalue weighted by molar-refractivity contribution is 5.92. The zero-order valence-corrected chi connectivity index (χ0v) is 14.3. The summed E-state index contributed by atoms with van der Waals surface area (Å²) in [4.78, 5) is 23.3. The first-order valence-corrected chi connectivity index (χ1v) is 8.17. The van der Waals surface area contributed by atoms with Crippen LogP contribution in [-0.4, -0.2) is 49.5 Å². The molecule has 0 bridgehead atoms. The molecule has 138 valence electrons. The largest absolute Gasteiger partial charge is 0.388 e. The van der Waals surface area contributed by atoms with E-state index in [2.05, 4.69) is 10.6 Å². The van der Waals surface area contributed by atoms with Crippen LogP contribution in [0.3, 0.4) is 0 Å². The Labute approximate surface area is 151 Å². The van der Waals surface area contributed by atoms with Gasteiger partial charge in [0.2, 0.25) is 11.8 Å². The van der Waals surface area contributed by atoms with E-state index < -0.39 is 6.10 Å². The van der Waals surface area contributed by atoms with Crippen LogP contribution in [0.5, 0.6) is 0 Å². The molecule has 2 aromatic rings. The lowest BCUT2D eigenvalue weighted by Crippen LogP contribution is -2.27. The number of aliphatic hydroxyl groups excluding tert-OH is 1. The fraction of sp³-hybridized carbons (Fsp3) is 0.263. The first-order chi connectivity index (χ1) is 12.6. The van der Waals surface area contributed by atoms with Gasteiger partial charge in [-0.25, -0.2) is 0 Å². The lowest BCUT2D eigenvalue weighted by molar-refractivity contribution is -0.123. The number of carbonyl (C=O) groups is 2. The molecule has 2 aromatic carbocycles. The number of nitrogens with one attached hydrogen (secondary N) is 2. The summed E-state index contributed by atoms with van der Waals surface area (Å²) >= 11 is 0. The minimum atomic E-state index is -0.927. The highest BCUT2D eigenvalue weighted by Gasteiger charge is 2.09. The summed E-state index contributed by atoms with van der Waals surface area (Å²) in [7, 11) is 0. The smallest absolute Gasteiger partial charge is 0.250 e. The van der Waals surface area contributed by atoms with E-state index in [0.29, 0.717) is 11.4 Å². The summed E-state index contributed by atoms with van der Waals surface area (Å²) in [6.07, 6.45) is -0.927. The van der Waals surface area contributed by atoms with Crippen molar-refractivity contribution in [1.29, 1.82) is 0 Å². The zero-order chi connectivity index (χ0) is 18.6. The average Bonchev–Trinajstić information content (AvgIpc) is 2.63. The van der Waals surface area contributed by atoms with Gasteiger partial charge in [-0.05, 0) is 24.3 Å². The second-order valence-corrected chi connectivity index (χ2v) is 5.51. The van der Waals surface area contributed by atoms with Crippen LogP contribution in [0.25, 0.3) is 0 Å². The van der Waals surface area contributed by atoms with E-state index in [4.69, 9.17) is 9.47 Å². The Balaban J connectivity index is 1.54. The molecule has 0 fully saturated rings. The number of aliphatic hydroxyl groups is 1.